The van der Waals surface area contributed by atoms with E-state index in [0.717, 1.165) is 0 Å². The Labute approximate surface area is 100 Å². The standard InChI is InChI=1S/C13H16O4/c1-9(2)13(15)17-12-6-4-11(5-7-12)16-8-10(3)14/h4-7,10,14H,1,8H2,2-3H3. The molecule has 0 saturated heterocycles. The Kier molecular flexibility index (Phi) is 4.72. The van der Waals surface area contributed by atoms with Gasteiger partial charge in [0.15, 0.2) is 0 Å². The van der Waals surface area contributed by atoms with Crippen LogP contribution in [0.15, 0.2) is 36.4 Å². The molecule has 1 unspecified atom stereocenters. The lowest BCUT2D eigenvalue weighted by Crippen LogP contribution is -2.12. The van der Waals surface area contributed by atoms with Gasteiger partial charge in [-0.3, -0.25) is 0 Å². The lowest BCUT2D eigenvalue weighted by atomic mass is 10.3. The van der Waals surface area contributed by atoms with E-state index in [4.69, 9.17) is 14.6 Å². The van der Waals surface area contributed by atoms with Gasteiger partial charge in [0.25, 0.3) is 0 Å². The molecule has 92 valence electrons. The number of hydrogen-bond acceptors (Lipinski definition) is 4. The minimum atomic E-state index is -0.518. The van der Waals surface area contributed by atoms with Gasteiger partial charge in [0.05, 0.1) is 6.10 Å². The molecule has 0 aromatic heterocycles. The Hall–Kier alpha value is -1.81. The zero-order chi connectivity index (χ0) is 12.8. The molecule has 0 spiro atoms. The van der Waals surface area contributed by atoms with Crippen molar-refractivity contribution in [2.75, 3.05) is 6.61 Å². The second kappa shape index (κ2) is 6.06. The van der Waals surface area contributed by atoms with Gasteiger partial charge in [0.2, 0.25) is 0 Å². The van der Waals surface area contributed by atoms with E-state index in [1.165, 1.54) is 0 Å². The molecule has 1 aromatic rings. The quantitative estimate of drug-likeness (QED) is 0.482. The highest BCUT2D eigenvalue weighted by Gasteiger charge is 2.05. The molecule has 1 atom stereocenters. The van der Waals surface area contributed by atoms with E-state index in [-0.39, 0.29) is 6.61 Å². The number of hydrogen-bond donors (Lipinski definition) is 1. The number of rotatable bonds is 5. The maximum absolute atomic E-state index is 11.2. The summed E-state index contributed by atoms with van der Waals surface area (Å²) in [4.78, 5) is 11.2. The van der Waals surface area contributed by atoms with Crippen molar-refractivity contribution in [1.29, 1.82) is 0 Å². The molecule has 4 heteroatoms. The summed E-state index contributed by atoms with van der Waals surface area (Å²) in [7, 11) is 0. The summed E-state index contributed by atoms with van der Waals surface area (Å²) >= 11 is 0. The molecule has 0 saturated carbocycles. The minimum absolute atomic E-state index is 0.227. The first-order valence-corrected chi connectivity index (χ1v) is 5.27. The van der Waals surface area contributed by atoms with Crippen LogP contribution in [-0.4, -0.2) is 23.8 Å². The van der Waals surface area contributed by atoms with Crippen LogP contribution in [0.2, 0.25) is 0 Å². The molecule has 0 aliphatic rings. The maximum Gasteiger partial charge on any atom is 0.338 e. The normalized spacial score (nSPS) is 11.7. The third-order valence-corrected chi connectivity index (χ3v) is 1.87. The molecule has 1 aromatic carbocycles. The van der Waals surface area contributed by atoms with Crippen LogP contribution in [-0.2, 0) is 4.79 Å². The van der Waals surface area contributed by atoms with Crippen molar-refractivity contribution in [3.8, 4) is 11.5 Å². The SMILES string of the molecule is C=C(C)C(=O)Oc1ccc(OCC(C)O)cc1. The molecule has 0 aliphatic carbocycles. The molecule has 0 radical (unpaired) electrons. The van der Waals surface area contributed by atoms with Crippen LogP contribution in [0.4, 0.5) is 0 Å². The highest BCUT2D eigenvalue weighted by Crippen LogP contribution is 2.18. The third kappa shape index (κ3) is 4.70. The summed E-state index contributed by atoms with van der Waals surface area (Å²) in [6, 6.07) is 6.59. The summed E-state index contributed by atoms with van der Waals surface area (Å²) in [5, 5.41) is 9.04. The second-order valence-electron chi connectivity index (χ2n) is 3.80. The lowest BCUT2D eigenvalue weighted by Gasteiger charge is -2.08. The fraction of sp³-hybridized carbons (Fsp3) is 0.308. The van der Waals surface area contributed by atoms with Crippen LogP contribution in [0, 0.1) is 0 Å². The first-order valence-electron chi connectivity index (χ1n) is 5.27. The monoisotopic (exact) mass is 236 g/mol. The van der Waals surface area contributed by atoms with Crippen molar-refractivity contribution in [3.63, 3.8) is 0 Å². The molecular weight excluding hydrogens is 220 g/mol. The van der Waals surface area contributed by atoms with Gasteiger partial charge < -0.3 is 14.6 Å². The third-order valence-electron chi connectivity index (χ3n) is 1.87. The molecule has 0 heterocycles. The molecule has 17 heavy (non-hydrogen) atoms. The van der Waals surface area contributed by atoms with Gasteiger partial charge in [0.1, 0.15) is 18.1 Å². The van der Waals surface area contributed by atoms with E-state index in [9.17, 15) is 4.79 Å². The van der Waals surface area contributed by atoms with Crippen molar-refractivity contribution in [1.82, 2.24) is 0 Å². The van der Waals surface area contributed by atoms with Crippen LogP contribution >= 0.6 is 0 Å². The minimum Gasteiger partial charge on any atom is -0.491 e. The van der Waals surface area contributed by atoms with Crippen molar-refractivity contribution in [3.05, 3.63) is 36.4 Å². The van der Waals surface area contributed by atoms with Crippen LogP contribution < -0.4 is 9.47 Å². The number of esters is 1. The van der Waals surface area contributed by atoms with Crippen molar-refractivity contribution >= 4 is 5.97 Å². The Balaban J connectivity index is 2.56. The molecule has 1 rings (SSSR count). The summed E-state index contributed by atoms with van der Waals surface area (Å²) in [5.74, 6) is 0.589. The zero-order valence-electron chi connectivity index (χ0n) is 9.97. The van der Waals surface area contributed by atoms with Crippen LogP contribution in [0.25, 0.3) is 0 Å². The predicted octanol–water partition coefficient (Wildman–Crippen LogP) is 1.93. The van der Waals surface area contributed by atoms with Crippen LogP contribution in [0.3, 0.4) is 0 Å². The summed E-state index contributed by atoms with van der Waals surface area (Å²) < 4.78 is 10.3. The maximum atomic E-state index is 11.2. The summed E-state index contributed by atoms with van der Waals surface area (Å²) in [5.41, 5.74) is 0.347. The van der Waals surface area contributed by atoms with Crippen LogP contribution in [0.5, 0.6) is 11.5 Å². The molecule has 0 bridgehead atoms. The van der Waals surface area contributed by atoms with Gasteiger partial charge in [-0.2, -0.15) is 0 Å². The fourth-order valence-electron chi connectivity index (χ4n) is 1.01. The van der Waals surface area contributed by atoms with Crippen molar-refractivity contribution in [2.45, 2.75) is 20.0 Å². The largest absolute Gasteiger partial charge is 0.491 e. The first-order chi connectivity index (χ1) is 7.99. The molecule has 4 nitrogen and oxygen atoms in total. The summed E-state index contributed by atoms with van der Waals surface area (Å²) in [6.45, 7) is 6.95. The topological polar surface area (TPSA) is 55.8 Å². The Morgan fingerprint density at radius 3 is 2.35 bits per heavy atom. The number of aliphatic hydroxyl groups excluding tert-OH is 1. The summed E-state index contributed by atoms with van der Waals surface area (Å²) in [6.07, 6.45) is -0.518. The Morgan fingerprint density at radius 2 is 1.88 bits per heavy atom. The number of aliphatic hydroxyl groups is 1. The van der Waals surface area contributed by atoms with Crippen molar-refractivity contribution < 1.29 is 19.4 Å². The molecule has 0 aliphatic heterocycles. The van der Waals surface area contributed by atoms with E-state index >= 15 is 0 Å². The van der Waals surface area contributed by atoms with Gasteiger partial charge in [-0.15, -0.1) is 0 Å². The van der Waals surface area contributed by atoms with Gasteiger partial charge in [-0.25, -0.2) is 4.79 Å². The smallest absolute Gasteiger partial charge is 0.338 e. The average Bonchev–Trinajstić information content (AvgIpc) is 2.28. The molecule has 0 fully saturated rings. The molecule has 0 amide bonds. The van der Waals surface area contributed by atoms with E-state index in [2.05, 4.69) is 6.58 Å². The number of benzene rings is 1. The van der Waals surface area contributed by atoms with Crippen LogP contribution in [0.1, 0.15) is 13.8 Å². The first kappa shape index (κ1) is 13.3. The Morgan fingerprint density at radius 1 is 1.35 bits per heavy atom. The highest BCUT2D eigenvalue weighted by molar-refractivity contribution is 5.88. The number of carbonyl (C=O) groups excluding carboxylic acids is 1. The second-order valence-corrected chi connectivity index (χ2v) is 3.80. The molecular formula is C13H16O4. The zero-order valence-corrected chi connectivity index (χ0v) is 9.97. The predicted molar refractivity (Wildman–Crippen MR) is 64.1 cm³/mol. The molecule has 1 N–H and O–H groups in total. The van der Waals surface area contributed by atoms with Gasteiger partial charge >= 0.3 is 5.97 Å². The van der Waals surface area contributed by atoms with E-state index in [1.54, 1.807) is 38.1 Å². The highest BCUT2D eigenvalue weighted by atomic mass is 16.5. The van der Waals surface area contributed by atoms with E-state index in [0.29, 0.717) is 17.1 Å². The average molecular weight is 236 g/mol. The van der Waals surface area contributed by atoms with E-state index < -0.39 is 12.1 Å². The van der Waals surface area contributed by atoms with E-state index in [1.807, 2.05) is 0 Å². The number of ether oxygens (including phenoxy) is 2. The van der Waals surface area contributed by atoms with Gasteiger partial charge in [-0.05, 0) is 38.1 Å². The van der Waals surface area contributed by atoms with Gasteiger partial charge in [0, 0.05) is 5.57 Å². The fourth-order valence-corrected chi connectivity index (χ4v) is 1.01. The number of carbonyl (C=O) groups is 1. The van der Waals surface area contributed by atoms with Gasteiger partial charge in [-0.1, -0.05) is 6.58 Å². The Bertz CT molecular complexity index is 392. The van der Waals surface area contributed by atoms with Crippen molar-refractivity contribution in [2.24, 2.45) is 0 Å². The lowest BCUT2D eigenvalue weighted by molar-refractivity contribution is -0.130.